The standard InChI is InChI=1S/C11H11BrN2O5/c12-7-1-8(14(17)18)3-9(2-7)19-11(4-10(15)16)5-13-6-11/h1-3,13H,4-6H2,(H,15,16). The number of carboxylic acids is 1. The third-order valence-corrected chi connectivity index (χ3v) is 3.23. The van der Waals surface area contributed by atoms with Gasteiger partial charge in [0.2, 0.25) is 0 Å². The number of nitrogens with one attached hydrogen (secondary N) is 1. The fourth-order valence-electron chi connectivity index (χ4n) is 1.87. The minimum atomic E-state index is -0.967. The van der Waals surface area contributed by atoms with Crippen molar-refractivity contribution in [2.45, 2.75) is 12.0 Å². The molecule has 0 radical (unpaired) electrons. The molecule has 1 aromatic carbocycles. The maximum Gasteiger partial charge on any atom is 0.307 e. The van der Waals surface area contributed by atoms with Gasteiger partial charge in [0.15, 0.2) is 0 Å². The number of nitrogens with zero attached hydrogens (tertiary/aromatic N) is 1. The average Bonchev–Trinajstić information content (AvgIpc) is 2.24. The van der Waals surface area contributed by atoms with Crippen molar-refractivity contribution >= 4 is 27.6 Å². The second-order valence-corrected chi connectivity index (χ2v) is 5.28. The Morgan fingerprint density at radius 1 is 1.53 bits per heavy atom. The second-order valence-electron chi connectivity index (χ2n) is 4.36. The van der Waals surface area contributed by atoms with Crippen molar-refractivity contribution in [2.24, 2.45) is 0 Å². The summed E-state index contributed by atoms with van der Waals surface area (Å²) in [5.41, 5.74) is -0.942. The lowest BCUT2D eigenvalue weighted by Gasteiger charge is -2.41. The monoisotopic (exact) mass is 330 g/mol. The molecule has 1 aliphatic heterocycles. The topological polar surface area (TPSA) is 102 Å². The molecule has 2 rings (SSSR count). The molecule has 7 nitrogen and oxygen atoms in total. The Bertz CT molecular complexity index is 530. The van der Waals surface area contributed by atoms with Crippen LogP contribution in [0, 0.1) is 10.1 Å². The zero-order valence-corrected chi connectivity index (χ0v) is 11.3. The van der Waals surface area contributed by atoms with Crippen molar-refractivity contribution < 1.29 is 19.6 Å². The first-order valence-electron chi connectivity index (χ1n) is 5.47. The fourth-order valence-corrected chi connectivity index (χ4v) is 2.34. The summed E-state index contributed by atoms with van der Waals surface area (Å²) in [5.74, 6) is -0.685. The number of hydrogen-bond acceptors (Lipinski definition) is 5. The van der Waals surface area contributed by atoms with E-state index >= 15 is 0 Å². The zero-order valence-electron chi connectivity index (χ0n) is 9.76. The van der Waals surface area contributed by atoms with Crippen LogP contribution in [0.4, 0.5) is 5.69 Å². The van der Waals surface area contributed by atoms with Crippen molar-refractivity contribution in [1.29, 1.82) is 0 Å². The molecule has 1 saturated heterocycles. The summed E-state index contributed by atoms with van der Waals surface area (Å²) >= 11 is 3.16. The van der Waals surface area contributed by atoms with Gasteiger partial charge in [-0.2, -0.15) is 0 Å². The molecule has 0 atom stereocenters. The summed E-state index contributed by atoms with van der Waals surface area (Å²) in [6.07, 6.45) is -0.152. The quantitative estimate of drug-likeness (QED) is 0.627. The second kappa shape index (κ2) is 5.14. The third-order valence-electron chi connectivity index (χ3n) is 2.77. The van der Waals surface area contributed by atoms with E-state index in [-0.39, 0.29) is 17.9 Å². The number of benzene rings is 1. The highest BCUT2D eigenvalue weighted by atomic mass is 79.9. The summed E-state index contributed by atoms with van der Waals surface area (Å²) in [5, 5.41) is 22.6. The third kappa shape index (κ3) is 3.21. The molecule has 0 unspecified atom stereocenters. The highest BCUT2D eigenvalue weighted by Gasteiger charge is 2.41. The normalized spacial score (nSPS) is 16.5. The predicted octanol–water partition coefficient (Wildman–Crippen LogP) is 1.55. The van der Waals surface area contributed by atoms with Gasteiger partial charge in [0.1, 0.15) is 11.4 Å². The molecule has 102 valence electrons. The highest BCUT2D eigenvalue weighted by molar-refractivity contribution is 9.10. The first kappa shape index (κ1) is 13.8. The number of carbonyl (C=O) groups is 1. The van der Waals surface area contributed by atoms with E-state index in [1.807, 2.05) is 0 Å². The lowest BCUT2D eigenvalue weighted by molar-refractivity contribution is -0.385. The van der Waals surface area contributed by atoms with Gasteiger partial charge in [-0.25, -0.2) is 0 Å². The molecule has 1 fully saturated rings. The lowest BCUT2D eigenvalue weighted by Crippen LogP contribution is -2.64. The Balaban J connectivity index is 2.22. The molecule has 0 bridgehead atoms. The van der Waals surface area contributed by atoms with E-state index in [0.29, 0.717) is 17.6 Å². The highest BCUT2D eigenvalue weighted by Crippen LogP contribution is 2.31. The average molecular weight is 331 g/mol. The summed E-state index contributed by atoms with van der Waals surface area (Å²) in [4.78, 5) is 21.0. The first-order chi connectivity index (χ1) is 8.90. The number of aliphatic carboxylic acids is 1. The van der Waals surface area contributed by atoms with Gasteiger partial charge in [0.25, 0.3) is 5.69 Å². The van der Waals surface area contributed by atoms with Crippen LogP contribution in [0.15, 0.2) is 22.7 Å². The summed E-state index contributed by atoms with van der Waals surface area (Å²) in [6.45, 7) is 0.805. The molecule has 2 N–H and O–H groups in total. The number of non-ortho nitro benzene ring substituents is 1. The van der Waals surface area contributed by atoms with Crippen LogP contribution in [0.3, 0.4) is 0 Å². The van der Waals surface area contributed by atoms with Crippen molar-refractivity contribution in [1.82, 2.24) is 5.32 Å². The molecule has 0 aromatic heterocycles. The molecular formula is C11H11BrN2O5. The number of halogens is 1. The minimum Gasteiger partial charge on any atom is -0.484 e. The SMILES string of the molecule is O=C(O)CC1(Oc2cc(Br)cc([N+](=O)[O-])c2)CNC1. The maximum absolute atomic E-state index is 10.8. The van der Waals surface area contributed by atoms with Gasteiger partial charge in [-0.3, -0.25) is 14.9 Å². The van der Waals surface area contributed by atoms with E-state index < -0.39 is 16.5 Å². The van der Waals surface area contributed by atoms with E-state index in [9.17, 15) is 14.9 Å². The van der Waals surface area contributed by atoms with Crippen molar-refractivity contribution in [2.75, 3.05) is 13.1 Å². The predicted molar refractivity (Wildman–Crippen MR) is 69.3 cm³/mol. The number of rotatable bonds is 5. The number of carboxylic acid groups (broad SMARTS) is 1. The van der Waals surface area contributed by atoms with Crippen LogP contribution in [0.1, 0.15) is 6.42 Å². The summed E-state index contributed by atoms with van der Waals surface area (Å²) < 4.78 is 6.15. The number of nitro benzene ring substituents is 1. The Hall–Kier alpha value is -1.67. The van der Waals surface area contributed by atoms with Gasteiger partial charge in [0.05, 0.1) is 17.4 Å². The van der Waals surface area contributed by atoms with Crippen LogP contribution >= 0.6 is 15.9 Å². The van der Waals surface area contributed by atoms with Crippen LogP contribution in [-0.2, 0) is 4.79 Å². The largest absolute Gasteiger partial charge is 0.484 e. The van der Waals surface area contributed by atoms with Crippen LogP contribution in [0.25, 0.3) is 0 Å². The van der Waals surface area contributed by atoms with E-state index in [4.69, 9.17) is 9.84 Å². The first-order valence-corrected chi connectivity index (χ1v) is 6.26. The fraction of sp³-hybridized carbons (Fsp3) is 0.364. The summed E-state index contributed by atoms with van der Waals surface area (Å²) in [7, 11) is 0. The number of ether oxygens (including phenoxy) is 1. The Kier molecular flexibility index (Phi) is 3.72. The molecule has 0 saturated carbocycles. The zero-order chi connectivity index (χ0) is 14.0. The van der Waals surface area contributed by atoms with Crippen molar-refractivity contribution in [3.63, 3.8) is 0 Å². The Morgan fingerprint density at radius 3 is 2.68 bits per heavy atom. The molecule has 8 heteroatoms. The van der Waals surface area contributed by atoms with Gasteiger partial charge in [0, 0.05) is 23.6 Å². The molecular weight excluding hydrogens is 320 g/mol. The molecule has 1 aromatic rings. The lowest BCUT2D eigenvalue weighted by atomic mass is 9.92. The maximum atomic E-state index is 10.8. The van der Waals surface area contributed by atoms with E-state index in [0.717, 1.165) is 0 Å². The van der Waals surface area contributed by atoms with Gasteiger partial charge in [-0.05, 0) is 6.07 Å². The van der Waals surface area contributed by atoms with Gasteiger partial charge < -0.3 is 15.2 Å². The van der Waals surface area contributed by atoms with Gasteiger partial charge >= 0.3 is 5.97 Å². The molecule has 1 aliphatic rings. The van der Waals surface area contributed by atoms with Gasteiger partial charge in [-0.15, -0.1) is 0 Å². The molecule has 19 heavy (non-hydrogen) atoms. The number of nitro groups is 1. The molecule has 0 amide bonds. The Morgan fingerprint density at radius 2 is 2.21 bits per heavy atom. The number of hydrogen-bond donors (Lipinski definition) is 2. The molecule has 0 spiro atoms. The van der Waals surface area contributed by atoms with Gasteiger partial charge in [-0.1, -0.05) is 15.9 Å². The van der Waals surface area contributed by atoms with Crippen LogP contribution < -0.4 is 10.1 Å². The molecule has 1 heterocycles. The van der Waals surface area contributed by atoms with Crippen molar-refractivity contribution in [3.8, 4) is 5.75 Å². The van der Waals surface area contributed by atoms with E-state index in [2.05, 4.69) is 21.2 Å². The van der Waals surface area contributed by atoms with Crippen LogP contribution in [0.5, 0.6) is 5.75 Å². The van der Waals surface area contributed by atoms with Crippen molar-refractivity contribution in [3.05, 3.63) is 32.8 Å². The molecule has 0 aliphatic carbocycles. The smallest absolute Gasteiger partial charge is 0.307 e. The van der Waals surface area contributed by atoms with Crippen LogP contribution in [0.2, 0.25) is 0 Å². The van der Waals surface area contributed by atoms with E-state index in [1.165, 1.54) is 12.1 Å². The minimum absolute atomic E-state index is 0.109. The Labute approximate surface area is 116 Å². The summed E-state index contributed by atoms with van der Waals surface area (Å²) in [6, 6.07) is 4.22. The van der Waals surface area contributed by atoms with E-state index in [1.54, 1.807) is 6.07 Å². The van der Waals surface area contributed by atoms with Crippen LogP contribution in [-0.4, -0.2) is 34.7 Å².